The van der Waals surface area contributed by atoms with Crippen LogP contribution in [0.1, 0.15) is 6.92 Å². The van der Waals surface area contributed by atoms with E-state index in [1.54, 1.807) is 30.6 Å². The van der Waals surface area contributed by atoms with Crippen molar-refractivity contribution in [3.05, 3.63) is 41.1 Å². The van der Waals surface area contributed by atoms with Gasteiger partial charge >= 0.3 is 5.69 Å². The van der Waals surface area contributed by atoms with Crippen LogP contribution in [0.2, 0.25) is 0 Å². The number of nitrogen functional groups attached to an aromatic ring is 1. The van der Waals surface area contributed by atoms with Crippen molar-refractivity contribution < 1.29 is 9.53 Å². The highest BCUT2D eigenvalue weighted by Gasteiger charge is 2.10. The maximum Gasteiger partial charge on any atom is 0.328 e. The molecule has 112 valence electrons. The Hall–Kier alpha value is -2.70. The minimum absolute atomic E-state index is 0.0657. The third-order valence-corrected chi connectivity index (χ3v) is 3.07. The molecule has 0 saturated heterocycles. The first kappa shape index (κ1) is 14.7. The second-order valence-corrected chi connectivity index (χ2v) is 4.50. The van der Waals surface area contributed by atoms with E-state index in [9.17, 15) is 9.59 Å². The van der Waals surface area contributed by atoms with Crippen LogP contribution >= 0.6 is 0 Å². The molecule has 2 rings (SSSR count). The molecule has 0 spiro atoms. The number of carbonyl (C=O) groups is 1. The van der Waals surface area contributed by atoms with Gasteiger partial charge in [0.2, 0.25) is 5.91 Å². The number of amides is 1. The normalized spacial score (nSPS) is 10.4. The van der Waals surface area contributed by atoms with Gasteiger partial charge < -0.3 is 15.8 Å². The van der Waals surface area contributed by atoms with Crippen LogP contribution in [0.25, 0.3) is 0 Å². The molecule has 0 bridgehead atoms. The molecule has 7 nitrogen and oxygen atoms in total. The van der Waals surface area contributed by atoms with Gasteiger partial charge in [-0.25, -0.2) is 4.79 Å². The Morgan fingerprint density at radius 3 is 2.67 bits per heavy atom. The number of benzene rings is 1. The molecule has 0 aliphatic heterocycles. The lowest BCUT2D eigenvalue weighted by Crippen LogP contribution is -2.28. The van der Waals surface area contributed by atoms with Gasteiger partial charge in [-0.05, 0) is 25.1 Å². The van der Waals surface area contributed by atoms with Crippen LogP contribution in [0.15, 0.2) is 35.4 Å². The number of carbonyl (C=O) groups excluding carboxylic acids is 1. The fourth-order valence-corrected chi connectivity index (χ4v) is 1.98. The van der Waals surface area contributed by atoms with Gasteiger partial charge in [-0.2, -0.15) is 0 Å². The highest BCUT2D eigenvalue weighted by molar-refractivity contribution is 5.92. The molecule has 1 heterocycles. The van der Waals surface area contributed by atoms with Gasteiger partial charge in [0.15, 0.2) is 0 Å². The maximum absolute atomic E-state index is 12.0. The number of hydrogen-bond donors (Lipinski definition) is 2. The highest BCUT2D eigenvalue weighted by Crippen LogP contribution is 2.26. The van der Waals surface area contributed by atoms with Crippen LogP contribution in [0, 0.1) is 0 Å². The average Bonchev–Trinajstić information content (AvgIpc) is 2.79. The summed E-state index contributed by atoms with van der Waals surface area (Å²) in [6.07, 6.45) is 3.23. The fraction of sp³-hybridized carbons (Fsp3) is 0.286. The van der Waals surface area contributed by atoms with Crippen molar-refractivity contribution in [2.24, 2.45) is 0 Å². The molecule has 1 aromatic carbocycles. The summed E-state index contributed by atoms with van der Waals surface area (Å²) in [6, 6.07) is 4.96. The van der Waals surface area contributed by atoms with Crippen LogP contribution in [-0.2, 0) is 17.9 Å². The number of aromatic nitrogens is 2. The summed E-state index contributed by atoms with van der Waals surface area (Å²) in [7, 11) is 1.51. The van der Waals surface area contributed by atoms with E-state index in [-0.39, 0.29) is 18.1 Å². The van der Waals surface area contributed by atoms with E-state index in [4.69, 9.17) is 10.5 Å². The first-order chi connectivity index (χ1) is 10.0. The summed E-state index contributed by atoms with van der Waals surface area (Å²) in [6.45, 7) is 2.36. The topological polar surface area (TPSA) is 91.3 Å². The number of hydrogen-bond acceptors (Lipinski definition) is 4. The summed E-state index contributed by atoms with van der Waals surface area (Å²) < 4.78 is 8.02. The van der Waals surface area contributed by atoms with Crippen molar-refractivity contribution >= 4 is 17.3 Å². The number of anilines is 2. The van der Waals surface area contributed by atoms with Crippen molar-refractivity contribution in [3.8, 4) is 5.75 Å². The number of methoxy groups -OCH3 is 1. The van der Waals surface area contributed by atoms with E-state index < -0.39 is 0 Å². The zero-order valence-electron chi connectivity index (χ0n) is 12.0. The number of nitrogens with two attached hydrogens (primary N) is 1. The van der Waals surface area contributed by atoms with Crippen molar-refractivity contribution in [1.82, 2.24) is 9.13 Å². The third-order valence-electron chi connectivity index (χ3n) is 3.07. The quantitative estimate of drug-likeness (QED) is 0.800. The Balaban J connectivity index is 2.13. The van der Waals surface area contributed by atoms with E-state index in [0.717, 1.165) is 0 Å². The molecule has 0 aliphatic carbocycles. The largest absolute Gasteiger partial charge is 0.495 e. The number of nitrogens with one attached hydrogen (secondary N) is 1. The Kier molecular flexibility index (Phi) is 4.32. The van der Waals surface area contributed by atoms with Gasteiger partial charge in [0, 0.05) is 24.6 Å². The molecule has 3 N–H and O–H groups in total. The standard InChI is InChI=1S/C14H18N4O3/c1-3-17-6-7-18(14(17)20)9-13(19)16-11-8-10(15)4-5-12(11)21-2/h4-8H,3,9,15H2,1-2H3,(H,16,19). The zero-order chi connectivity index (χ0) is 15.4. The smallest absolute Gasteiger partial charge is 0.328 e. The lowest BCUT2D eigenvalue weighted by molar-refractivity contribution is -0.116. The fourth-order valence-electron chi connectivity index (χ4n) is 1.98. The van der Waals surface area contributed by atoms with Gasteiger partial charge in [0.25, 0.3) is 0 Å². The molecule has 0 unspecified atom stereocenters. The van der Waals surface area contributed by atoms with Crippen molar-refractivity contribution in [2.45, 2.75) is 20.0 Å². The highest BCUT2D eigenvalue weighted by atomic mass is 16.5. The summed E-state index contributed by atoms with van der Waals surface area (Å²) in [4.78, 5) is 23.9. The molecule has 1 amide bonds. The monoisotopic (exact) mass is 290 g/mol. The Bertz CT molecular complexity index is 702. The molecule has 0 saturated carbocycles. The number of rotatable bonds is 5. The SMILES string of the molecule is CCn1ccn(CC(=O)Nc2cc(N)ccc2OC)c1=O. The molecule has 2 aromatic rings. The van der Waals surface area contributed by atoms with Crippen LogP contribution in [0.4, 0.5) is 11.4 Å². The minimum Gasteiger partial charge on any atom is -0.495 e. The lowest BCUT2D eigenvalue weighted by atomic mass is 10.2. The molecule has 1 aromatic heterocycles. The minimum atomic E-state index is -0.324. The average molecular weight is 290 g/mol. The molecule has 0 fully saturated rings. The van der Waals surface area contributed by atoms with Crippen molar-refractivity contribution in [2.75, 3.05) is 18.2 Å². The van der Waals surface area contributed by atoms with Gasteiger partial charge in [0.05, 0.1) is 12.8 Å². The van der Waals surface area contributed by atoms with Gasteiger partial charge in [-0.15, -0.1) is 0 Å². The molecule has 0 radical (unpaired) electrons. The Morgan fingerprint density at radius 1 is 1.33 bits per heavy atom. The maximum atomic E-state index is 12.0. The van der Waals surface area contributed by atoms with Gasteiger partial charge in [-0.3, -0.25) is 13.9 Å². The van der Waals surface area contributed by atoms with Crippen LogP contribution in [0.3, 0.4) is 0 Å². The van der Waals surface area contributed by atoms with Crippen molar-refractivity contribution in [1.29, 1.82) is 0 Å². The summed E-state index contributed by atoms with van der Waals surface area (Å²) in [5.41, 5.74) is 6.47. The van der Waals surface area contributed by atoms with Gasteiger partial charge in [-0.1, -0.05) is 0 Å². The Morgan fingerprint density at radius 2 is 2.05 bits per heavy atom. The van der Waals surface area contributed by atoms with Crippen LogP contribution in [-0.4, -0.2) is 22.2 Å². The van der Waals surface area contributed by atoms with E-state index in [1.165, 1.54) is 16.2 Å². The molecular formula is C14H18N4O3. The Labute approximate surface area is 121 Å². The summed E-state index contributed by atoms with van der Waals surface area (Å²) in [5.74, 6) is 0.186. The first-order valence-corrected chi connectivity index (χ1v) is 6.54. The number of nitrogens with zero attached hydrogens (tertiary/aromatic N) is 2. The first-order valence-electron chi connectivity index (χ1n) is 6.54. The van der Waals surface area contributed by atoms with Gasteiger partial charge in [0.1, 0.15) is 12.3 Å². The third kappa shape index (κ3) is 3.25. The van der Waals surface area contributed by atoms with Crippen molar-refractivity contribution in [3.63, 3.8) is 0 Å². The number of imidazole rings is 1. The van der Waals surface area contributed by atoms with E-state index in [0.29, 0.717) is 23.7 Å². The van der Waals surface area contributed by atoms with Crippen LogP contribution < -0.4 is 21.5 Å². The second kappa shape index (κ2) is 6.17. The predicted molar refractivity (Wildman–Crippen MR) is 80.4 cm³/mol. The molecule has 0 aliphatic rings. The predicted octanol–water partition coefficient (Wildman–Crippen LogP) is 0.899. The molecular weight excluding hydrogens is 272 g/mol. The number of ether oxygens (including phenoxy) is 1. The van der Waals surface area contributed by atoms with E-state index in [1.807, 2.05) is 6.92 Å². The lowest BCUT2D eigenvalue weighted by Gasteiger charge is -2.11. The van der Waals surface area contributed by atoms with E-state index >= 15 is 0 Å². The summed E-state index contributed by atoms with van der Waals surface area (Å²) >= 11 is 0. The van der Waals surface area contributed by atoms with E-state index in [2.05, 4.69) is 5.32 Å². The second-order valence-electron chi connectivity index (χ2n) is 4.50. The molecule has 7 heteroatoms. The molecule has 0 atom stereocenters. The number of aryl methyl sites for hydroxylation is 1. The summed E-state index contributed by atoms with van der Waals surface area (Å²) in [5, 5.41) is 2.69. The molecule has 21 heavy (non-hydrogen) atoms. The zero-order valence-corrected chi connectivity index (χ0v) is 12.0. The van der Waals surface area contributed by atoms with Crippen LogP contribution in [0.5, 0.6) is 5.75 Å².